The molecular formula is C16H19N3OS. The summed E-state index contributed by atoms with van der Waals surface area (Å²) in [6.07, 6.45) is 6.26. The maximum atomic E-state index is 12.1. The van der Waals surface area contributed by atoms with E-state index in [0.29, 0.717) is 6.42 Å². The highest BCUT2D eigenvalue weighted by Crippen LogP contribution is 2.28. The standard InChI is InChI=1S/C16H19N3OS/c1-11-17-10-13-14(18-11)5-2-6-15(13)19-16(20)8-7-12-4-3-9-21-12/h3-4,9-10,15H,2,5-8H2,1H3,(H,19,20). The van der Waals surface area contributed by atoms with Crippen molar-refractivity contribution in [1.29, 1.82) is 0 Å². The number of carbonyl (C=O) groups excluding carboxylic acids is 1. The molecule has 1 N–H and O–H groups in total. The van der Waals surface area contributed by atoms with Gasteiger partial charge in [-0.15, -0.1) is 11.3 Å². The van der Waals surface area contributed by atoms with Crippen molar-refractivity contribution < 1.29 is 4.79 Å². The summed E-state index contributed by atoms with van der Waals surface area (Å²) in [5.41, 5.74) is 2.19. The molecule has 0 saturated carbocycles. The number of hydrogen-bond donors (Lipinski definition) is 1. The van der Waals surface area contributed by atoms with Gasteiger partial charge in [0.05, 0.1) is 6.04 Å². The van der Waals surface area contributed by atoms with Gasteiger partial charge in [0.2, 0.25) is 5.91 Å². The van der Waals surface area contributed by atoms with Crippen LogP contribution in [0.4, 0.5) is 0 Å². The minimum absolute atomic E-state index is 0.0742. The van der Waals surface area contributed by atoms with Crippen LogP contribution in [0.15, 0.2) is 23.7 Å². The van der Waals surface area contributed by atoms with Gasteiger partial charge < -0.3 is 5.32 Å². The maximum Gasteiger partial charge on any atom is 0.220 e. The lowest BCUT2D eigenvalue weighted by Crippen LogP contribution is -2.31. The van der Waals surface area contributed by atoms with Gasteiger partial charge in [0, 0.05) is 28.8 Å². The first-order valence-corrected chi connectivity index (χ1v) is 8.24. The molecule has 1 aliphatic carbocycles. The van der Waals surface area contributed by atoms with Crippen molar-refractivity contribution in [3.8, 4) is 0 Å². The number of hydrogen-bond acceptors (Lipinski definition) is 4. The zero-order valence-electron chi connectivity index (χ0n) is 12.1. The molecule has 5 heteroatoms. The number of thiophene rings is 1. The van der Waals surface area contributed by atoms with Crippen molar-refractivity contribution in [3.05, 3.63) is 45.7 Å². The molecule has 2 aromatic rings. The number of rotatable bonds is 4. The second-order valence-corrected chi connectivity index (χ2v) is 6.44. The molecule has 0 fully saturated rings. The zero-order chi connectivity index (χ0) is 14.7. The number of aromatic nitrogens is 2. The average molecular weight is 301 g/mol. The van der Waals surface area contributed by atoms with Crippen LogP contribution >= 0.6 is 11.3 Å². The number of nitrogens with zero attached hydrogens (tertiary/aromatic N) is 2. The van der Waals surface area contributed by atoms with E-state index < -0.39 is 0 Å². The second-order valence-electron chi connectivity index (χ2n) is 5.41. The molecule has 1 amide bonds. The summed E-state index contributed by atoms with van der Waals surface area (Å²) in [5, 5.41) is 5.19. The van der Waals surface area contributed by atoms with Crippen LogP contribution < -0.4 is 5.32 Å². The maximum absolute atomic E-state index is 12.1. The van der Waals surface area contributed by atoms with E-state index in [-0.39, 0.29) is 11.9 Å². The van der Waals surface area contributed by atoms with E-state index in [0.717, 1.165) is 42.8 Å². The molecular weight excluding hydrogens is 282 g/mol. The molecule has 21 heavy (non-hydrogen) atoms. The van der Waals surface area contributed by atoms with Gasteiger partial charge in [-0.3, -0.25) is 4.79 Å². The van der Waals surface area contributed by atoms with E-state index in [1.54, 1.807) is 11.3 Å². The van der Waals surface area contributed by atoms with E-state index in [2.05, 4.69) is 21.4 Å². The molecule has 4 nitrogen and oxygen atoms in total. The minimum Gasteiger partial charge on any atom is -0.349 e. The van der Waals surface area contributed by atoms with E-state index >= 15 is 0 Å². The molecule has 2 heterocycles. The van der Waals surface area contributed by atoms with Crippen molar-refractivity contribution in [2.45, 2.75) is 45.1 Å². The topological polar surface area (TPSA) is 54.9 Å². The van der Waals surface area contributed by atoms with E-state index in [9.17, 15) is 4.79 Å². The van der Waals surface area contributed by atoms with Gasteiger partial charge in [-0.1, -0.05) is 6.07 Å². The van der Waals surface area contributed by atoms with Gasteiger partial charge in [0.1, 0.15) is 5.82 Å². The molecule has 1 unspecified atom stereocenters. The van der Waals surface area contributed by atoms with Gasteiger partial charge in [0.15, 0.2) is 0 Å². The van der Waals surface area contributed by atoms with Crippen LogP contribution in [0.2, 0.25) is 0 Å². The number of amides is 1. The third kappa shape index (κ3) is 3.47. The minimum atomic E-state index is 0.0742. The van der Waals surface area contributed by atoms with E-state index in [4.69, 9.17) is 0 Å². The Morgan fingerprint density at radius 3 is 3.24 bits per heavy atom. The average Bonchev–Trinajstić information content (AvgIpc) is 2.98. The fourth-order valence-corrected chi connectivity index (χ4v) is 3.46. The molecule has 0 saturated heterocycles. The SMILES string of the molecule is Cc1ncc2c(n1)CCCC2NC(=O)CCc1cccs1. The van der Waals surface area contributed by atoms with Crippen LogP contribution in [0.5, 0.6) is 0 Å². The van der Waals surface area contributed by atoms with Crippen LogP contribution in [0.25, 0.3) is 0 Å². The highest BCUT2D eigenvalue weighted by atomic mass is 32.1. The fourth-order valence-electron chi connectivity index (χ4n) is 2.75. The van der Waals surface area contributed by atoms with Crippen molar-refractivity contribution in [2.75, 3.05) is 0 Å². The normalized spacial score (nSPS) is 17.3. The second kappa shape index (κ2) is 6.35. The molecule has 0 aliphatic heterocycles. The Balaban J connectivity index is 1.62. The van der Waals surface area contributed by atoms with Crippen LogP contribution in [0.3, 0.4) is 0 Å². The van der Waals surface area contributed by atoms with Gasteiger partial charge in [0.25, 0.3) is 0 Å². The van der Waals surface area contributed by atoms with Crippen LogP contribution in [-0.4, -0.2) is 15.9 Å². The summed E-state index contributed by atoms with van der Waals surface area (Å²) in [5.74, 6) is 0.917. The summed E-state index contributed by atoms with van der Waals surface area (Å²) >= 11 is 1.70. The first-order chi connectivity index (χ1) is 10.2. The quantitative estimate of drug-likeness (QED) is 0.944. The Morgan fingerprint density at radius 2 is 2.43 bits per heavy atom. The molecule has 0 aromatic carbocycles. The van der Waals surface area contributed by atoms with Crippen LogP contribution in [0.1, 0.15) is 47.3 Å². The van der Waals surface area contributed by atoms with Gasteiger partial charge in [-0.25, -0.2) is 9.97 Å². The van der Waals surface area contributed by atoms with Crippen molar-refractivity contribution in [1.82, 2.24) is 15.3 Å². The number of nitrogens with one attached hydrogen (secondary N) is 1. The largest absolute Gasteiger partial charge is 0.349 e. The lowest BCUT2D eigenvalue weighted by Gasteiger charge is -2.25. The Labute approximate surface area is 128 Å². The third-order valence-corrected chi connectivity index (χ3v) is 4.75. The molecule has 1 aliphatic rings. The van der Waals surface area contributed by atoms with Gasteiger partial charge in [-0.05, 0) is 44.1 Å². The number of fused-ring (bicyclic) bond motifs is 1. The monoisotopic (exact) mass is 301 g/mol. The molecule has 2 aromatic heterocycles. The Bertz CT molecular complexity index is 624. The van der Waals surface area contributed by atoms with Gasteiger partial charge in [-0.2, -0.15) is 0 Å². The molecule has 0 bridgehead atoms. The Hall–Kier alpha value is -1.75. The summed E-state index contributed by atoms with van der Waals surface area (Å²) in [7, 11) is 0. The van der Waals surface area contributed by atoms with E-state index in [1.807, 2.05) is 24.6 Å². The van der Waals surface area contributed by atoms with Crippen molar-refractivity contribution >= 4 is 17.2 Å². The summed E-state index contributed by atoms with van der Waals surface area (Å²) in [6, 6.07) is 4.17. The van der Waals surface area contributed by atoms with E-state index in [1.165, 1.54) is 4.88 Å². The highest BCUT2D eigenvalue weighted by Gasteiger charge is 2.23. The smallest absolute Gasteiger partial charge is 0.220 e. The third-order valence-electron chi connectivity index (χ3n) is 3.82. The molecule has 0 radical (unpaired) electrons. The molecule has 3 rings (SSSR count). The summed E-state index contributed by atoms with van der Waals surface area (Å²) < 4.78 is 0. The Kier molecular flexibility index (Phi) is 4.29. The molecule has 1 atom stereocenters. The number of aryl methyl sites for hydroxylation is 3. The predicted octanol–water partition coefficient (Wildman–Crippen LogP) is 2.97. The first-order valence-electron chi connectivity index (χ1n) is 7.36. The zero-order valence-corrected chi connectivity index (χ0v) is 12.9. The summed E-state index contributed by atoms with van der Waals surface area (Å²) in [6.45, 7) is 1.91. The lowest BCUT2D eigenvalue weighted by atomic mass is 9.92. The Morgan fingerprint density at radius 1 is 1.52 bits per heavy atom. The predicted molar refractivity (Wildman–Crippen MR) is 83.2 cm³/mol. The van der Waals surface area contributed by atoms with Crippen molar-refractivity contribution in [2.24, 2.45) is 0 Å². The molecule has 110 valence electrons. The fraction of sp³-hybridized carbons (Fsp3) is 0.438. The molecule has 0 spiro atoms. The lowest BCUT2D eigenvalue weighted by molar-refractivity contribution is -0.121. The van der Waals surface area contributed by atoms with Crippen LogP contribution in [-0.2, 0) is 17.6 Å². The first kappa shape index (κ1) is 14.2. The van der Waals surface area contributed by atoms with Crippen LogP contribution in [0, 0.1) is 6.92 Å². The van der Waals surface area contributed by atoms with Gasteiger partial charge >= 0.3 is 0 Å². The van der Waals surface area contributed by atoms with Crippen molar-refractivity contribution in [3.63, 3.8) is 0 Å². The summed E-state index contributed by atoms with van der Waals surface area (Å²) in [4.78, 5) is 22.2. The highest BCUT2D eigenvalue weighted by molar-refractivity contribution is 7.09. The number of carbonyl (C=O) groups is 1.